The second-order valence-corrected chi connectivity index (χ2v) is 8.45. The first-order chi connectivity index (χ1) is 16.5. The number of thiol groups is 1. The fourth-order valence-corrected chi connectivity index (χ4v) is 4.77. The molecule has 0 fully saturated rings. The van der Waals surface area contributed by atoms with Gasteiger partial charge in [-0.25, -0.2) is 9.59 Å². The molecule has 1 atom stereocenters. The maximum atomic E-state index is 12.8. The third-order valence-electron chi connectivity index (χ3n) is 6.00. The first kappa shape index (κ1) is 20.4. The molecule has 2 heterocycles. The number of benzene rings is 4. The van der Waals surface area contributed by atoms with Gasteiger partial charge in [-0.05, 0) is 42.5 Å². The molecule has 0 saturated heterocycles. The smallest absolute Gasteiger partial charge is 0.344 e. The second-order valence-electron chi connectivity index (χ2n) is 7.96. The van der Waals surface area contributed by atoms with Crippen molar-refractivity contribution in [2.45, 2.75) is 10.5 Å². The zero-order chi connectivity index (χ0) is 23.4. The Labute approximate surface area is 199 Å². The van der Waals surface area contributed by atoms with Gasteiger partial charge in [0.2, 0.25) is 0 Å². The molecule has 0 amide bonds. The number of phenolic OH excluding ortho intramolecular Hbond substituents is 1. The van der Waals surface area contributed by atoms with Crippen LogP contribution in [0, 0.1) is 0 Å². The molecule has 34 heavy (non-hydrogen) atoms. The van der Waals surface area contributed by atoms with Crippen LogP contribution in [0.25, 0.3) is 0 Å². The van der Waals surface area contributed by atoms with Gasteiger partial charge in [-0.1, -0.05) is 30.3 Å². The minimum Gasteiger partial charge on any atom is -0.508 e. The lowest BCUT2D eigenvalue weighted by Crippen LogP contribution is -2.33. The summed E-state index contributed by atoms with van der Waals surface area (Å²) < 4.78 is 17.7. The molecule has 0 aromatic heterocycles. The molecule has 0 bridgehead atoms. The van der Waals surface area contributed by atoms with E-state index in [1.807, 2.05) is 12.1 Å². The number of carbonyl (C=O) groups excluding carboxylic acids is 2. The molecule has 4 aromatic carbocycles. The van der Waals surface area contributed by atoms with Gasteiger partial charge < -0.3 is 19.3 Å². The molecule has 0 aliphatic carbocycles. The van der Waals surface area contributed by atoms with Gasteiger partial charge in [-0.3, -0.25) is 0 Å². The molecular weight excluding hydrogens is 452 g/mol. The first-order valence-electron chi connectivity index (χ1n) is 10.5. The van der Waals surface area contributed by atoms with Crippen LogP contribution in [-0.4, -0.2) is 17.0 Å². The minimum atomic E-state index is -1.26. The van der Waals surface area contributed by atoms with E-state index in [4.69, 9.17) is 14.2 Å². The molecule has 1 spiro atoms. The summed E-state index contributed by atoms with van der Waals surface area (Å²) >= 11 is 4.32. The van der Waals surface area contributed by atoms with E-state index >= 15 is 0 Å². The third-order valence-corrected chi connectivity index (χ3v) is 6.39. The molecule has 0 radical (unpaired) electrons. The monoisotopic (exact) mass is 468 g/mol. The highest BCUT2D eigenvalue weighted by Crippen LogP contribution is 2.56. The lowest BCUT2D eigenvalue weighted by molar-refractivity contribution is 0.0224. The fraction of sp³-hybridized carbons (Fsp3) is 0.0370. The van der Waals surface area contributed by atoms with Crippen LogP contribution in [-0.2, 0) is 10.3 Å². The van der Waals surface area contributed by atoms with Gasteiger partial charge in [0.1, 0.15) is 23.0 Å². The Balaban J connectivity index is 1.49. The van der Waals surface area contributed by atoms with E-state index in [0.717, 1.165) is 0 Å². The molecule has 4 aromatic rings. The number of ether oxygens (including phenoxy) is 3. The summed E-state index contributed by atoms with van der Waals surface area (Å²) in [6, 6.07) is 23.6. The average Bonchev–Trinajstić information content (AvgIpc) is 3.12. The standard InChI is InChI=1S/C27H16O6S/c28-15-9-11-20-22(13-15)32-23-14-16(31-25(29)18-6-2-4-8-24(18)34)10-12-21(23)27(20)19-7-3-1-5-17(19)26(30)33-27/h1-14,28,34H. The van der Waals surface area contributed by atoms with Crippen LogP contribution in [0.3, 0.4) is 0 Å². The summed E-state index contributed by atoms with van der Waals surface area (Å²) in [5.41, 5.74) is 1.36. The van der Waals surface area contributed by atoms with E-state index < -0.39 is 17.5 Å². The number of fused-ring (bicyclic) bond motifs is 6. The molecule has 6 rings (SSSR count). The van der Waals surface area contributed by atoms with Crippen molar-refractivity contribution in [1.82, 2.24) is 0 Å². The Morgan fingerprint density at radius 2 is 1.56 bits per heavy atom. The summed E-state index contributed by atoms with van der Waals surface area (Å²) in [5.74, 6) is -0.0945. The van der Waals surface area contributed by atoms with Crippen LogP contribution in [0.15, 0.2) is 89.8 Å². The zero-order valence-corrected chi connectivity index (χ0v) is 18.4. The van der Waals surface area contributed by atoms with Crippen LogP contribution in [0.1, 0.15) is 37.4 Å². The topological polar surface area (TPSA) is 82.1 Å². The largest absolute Gasteiger partial charge is 0.508 e. The maximum Gasteiger partial charge on any atom is 0.344 e. The van der Waals surface area contributed by atoms with Gasteiger partial charge in [0.05, 0.1) is 11.1 Å². The molecule has 2 aliphatic heterocycles. The van der Waals surface area contributed by atoms with Gasteiger partial charge in [0.25, 0.3) is 0 Å². The zero-order valence-electron chi connectivity index (χ0n) is 17.5. The summed E-state index contributed by atoms with van der Waals surface area (Å²) in [5, 5.41) is 10.1. The highest BCUT2D eigenvalue weighted by molar-refractivity contribution is 7.80. The van der Waals surface area contributed by atoms with Crippen molar-refractivity contribution in [2.24, 2.45) is 0 Å². The lowest BCUT2D eigenvalue weighted by Gasteiger charge is -2.36. The SMILES string of the molecule is O=C(Oc1ccc2c(c1)Oc1cc(O)ccc1C21OC(=O)c2ccccc21)c1ccccc1S. The van der Waals surface area contributed by atoms with Gasteiger partial charge in [-0.15, -0.1) is 12.6 Å². The van der Waals surface area contributed by atoms with Crippen molar-refractivity contribution in [3.63, 3.8) is 0 Å². The predicted molar refractivity (Wildman–Crippen MR) is 125 cm³/mol. The normalized spacial score (nSPS) is 17.3. The van der Waals surface area contributed by atoms with Crippen molar-refractivity contribution < 1.29 is 28.9 Å². The van der Waals surface area contributed by atoms with Gasteiger partial charge >= 0.3 is 11.9 Å². The van der Waals surface area contributed by atoms with E-state index in [1.165, 1.54) is 12.1 Å². The van der Waals surface area contributed by atoms with Gasteiger partial charge in [0, 0.05) is 33.7 Å². The van der Waals surface area contributed by atoms with E-state index in [0.29, 0.717) is 44.2 Å². The van der Waals surface area contributed by atoms with E-state index in [9.17, 15) is 14.7 Å². The summed E-state index contributed by atoms with van der Waals surface area (Å²) in [6.45, 7) is 0. The number of aromatic hydroxyl groups is 1. The van der Waals surface area contributed by atoms with Crippen molar-refractivity contribution >= 4 is 24.6 Å². The Morgan fingerprint density at radius 3 is 2.38 bits per heavy atom. The summed E-state index contributed by atoms with van der Waals surface area (Å²) in [7, 11) is 0. The number of rotatable bonds is 2. The number of hydrogen-bond donors (Lipinski definition) is 2. The quantitative estimate of drug-likeness (QED) is 0.231. The molecule has 0 saturated carbocycles. The highest BCUT2D eigenvalue weighted by atomic mass is 32.1. The van der Waals surface area contributed by atoms with Crippen LogP contribution in [0.4, 0.5) is 0 Å². The van der Waals surface area contributed by atoms with Crippen LogP contribution < -0.4 is 9.47 Å². The number of esters is 2. The summed E-state index contributed by atoms with van der Waals surface area (Å²) in [4.78, 5) is 26.0. The second kappa shape index (κ2) is 7.40. The molecule has 1 unspecified atom stereocenters. The predicted octanol–water partition coefficient (Wildman–Crippen LogP) is 5.47. The van der Waals surface area contributed by atoms with Gasteiger partial charge in [-0.2, -0.15) is 0 Å². The Kier molecular flexibility index (Phi) is 4.43. The third kappa shape index (κ3) is 2.90. The van der Waals surface area contributed by atoms with Crippen molar-refractivity contribution in [2.75, 3.05) is 0 Å². The Hall–Kier alpha value is -4.23. The minimum absolute atomic E-state index is 0.00271. The molecule has 166 valence electrons. The average molecular weight is 468 g/mol. The van der Waals surface area contributed by atoms with Crippen LogP contribution in [0.2, 0.25) is 0 Å². The first-order valence-corrected chi connectivity index (χ1v) is 10.9. The maximum absolute atomic E-state index is 12.8. The van der Waals surface area contributed by atoms with Crippen molar-refractivity contribution in [3.8, 4) is 23.0 Å². The van der Waals surface area contributed by atoms with Crippen LogP contribution >= 0.6 is 12.6 Å². The fourth-order valence-electron chi connectivity index (χ4n) is 4.52. The molecule has 2 aliphatic rings. The van der Waals surface area contributed by atoms with Crippen LogP contribution in [0.5, 0.6) is 23.0 Å². The molecule has 6 nitrogen and oxygen atoms in total. The Bertz CT molecular complexity index is 1510. The Morgan fingerprint density at radius 1 is 0.853 bits per heavy atom. The van der Waals surface area contributed by atoms with Crippen molar-refractivity contribution in [3.05, 3.63) is 113 Å². The summed E-state index contributed by atoms with van der Waals surface area (Å²) in [6.07, 6.45) is 0. The number of phenols is 1. The number of hydrogen-bond acceptors (Lipinski definition) is 7. The molecule has 7 heteroatoms. The molecule has 1 N–H and O–H groups in total. The van der Waals surface area contributed by atoms with Crippen molar-refractivity contribution in [1.29, 1.82) is 0 Å². The number of carbonyl (C=O) groups is 2. The molecular formula is C27H16O6S. The van der Waals surface area contributed by atoms with E-state index in [1.54, 1.807) is 60.7 Å². The van der Waals surface area contributed by atoms with E-state index in [2.05, 4.69) is 12.6 Å². The van der Waals surface area contributed by atoms with Gasteiger partial charge in [0.15, 0.2) is 5.60 Å². The van der Waals surface area contributed by atoms with E-state index in [-0.39, 0.29) is 11.5 Å². The lowest BCUT2D eigenvalue weighted by atomic mass is 9.77. The highest BCUT2D eigenvalue weighted by Gasteiger charge is 2.53.